The van der Waals surface area contributed by atoms with Crippen LogP contribution < -0.4 is 10.6 Å². The fraction of sp³-hybridized carbons (Fsp3) is 0.300. The van der Waals surface area contributed by atoms with Gasteiger partial charge in [-0.3, -0.25) is 5.41 Å². The van der Waals surface area contributed by atoms with E-state index in [0.29, 0.717) is 0 Å². The summed E-state index contributed by atoms with van der Waals surface area (Å²) >= 11 is 0. The summed E-state index contributed by atoms with van der Waals surface area (Å²) in [6.45, 7) is 1.07. The van der Waals surface area contributed by atoms with Gasteiger partial charge in [-0.1, -0.05) is 0 Å². The summed E-state index contributed by atoms with van der Waals surface area (Å²) in [7, 11) is 2.08. The van der Waals surface area contributed by atoms with E-state index < -0.39 is 0 Å². The third-order valence-corrected chi connectivity index (χ3v) is 2.52. The average Bonchev–Trinajstić information content (AvgIpc) is 2.47. The maximum atomic E-state index is 7.31. The van der Waals surface area contributed by atoms with Crippen LogP contribution in [0.2, 0.25) is 0 Å². The molecule has 3 N–H and O–H groups in total. The van der Waals surface area contributed by atoms with Crippen LogP contribution in [0.3, 0.4) is 0 Å². The molecular formula is C10H13N3. The van der Waals surface area contributed by atoms with E-state index in [-0.39, 0.29) is 5.84 Å². The van der Waals surface area contributed by atoms with E-state index in [2.05, 4.69) is 11.9 Å². The molecule has 0 bridgehead atoms. The van der Waals surface area contributed by atoms with Crippen LogP contribution in [0.5, 0.6) is 0 Å². The Morgan fingerprint density at radius 3 is 3.00 bits per heavy atom. The summed E-state index contributed by atoms with van der Waals surface area (Å²) in [6, 6.07) is 5.96. The van der Waals surface area contributed by atoms with E-state index in [9.17, 15) is 0 Å². The molecule has 0 fully saturated rings. The molecule has 1 aliphatic heterocycles. The summed E-state index contributed by atoms with van der Waals surface area (Å²) in [5.41, 5.74) is 8.81. The Bertz CT molecular complexity index is 357. The molecule has 3 nitrogen and oxygen atoms in total. The van der Waals surface area contributed by atoms with Crippen molar-refractivity contribution in [3.63, 3.8) is 0 Å². The summed E-state index contributed by atoms with van der Waals surface area (Å²) in [5.74, 6) is 0.150. The zero-order valence-corrected chi connectivity index (χ0v) is 7.67. The van der Waals surface area contributed by atoms with Crippen molar-refractivity contribution < 1.29 is 0 Å². The number of likely N-dealkylation sites (N-methyl/N-ethyl adjacent to an activating group) is 1. The van der Waals surface area contributed by atoms with Gasteiger partial charge in [-0.2, -0.15) is 0 Å². The Kier molecular flexibility index (Phi) is 1.72. The van der Waals surface area contributed by atoms with Crippen LogP contribution in [0.15, 0.2) is 18.2 Å². The normalized spacial score (nSPS) is 14.4. The number of hydrogen-bond donors (Lipinski definition) is 2. The van der Waals surface area contributed by atoms with Gasteiger partial charge in [0.2, 0.25) is 0 Å². The Balaban J connectivity index is 2.45. The zero-order valence-electron chi connectivity index (χ0n) is 7.67. The van der Waals surface area contributed by atoms with Gasteiger partial charge >= 0.3 is 0 Å². The number of nitrogens with zero attached hydrogens (tertiary/aromatic N) is 1. The second-order valence-corrected chi connectivity index (χ2v) is 3.43. The summed E-state index contributed by atoms with van der Waals surface area (Å²) < 4.78 is 0. The smallest absolute Gasteiger partial charge is 0.122 e. The Morgan fingerprint density at radius 1 is 1.54 bits per heavy atom. The number of nitrogen functional groups attached to an aromatic ring is 1. The highest BCUT2D eigenvalue weighted by molar-refractivity contribution is 5.95. The molecule has 0 atom stereocenters. The van der Waals surface area contributed by atoms with Crippen LogP contribution in [-0.2, 0) is 6.42 Å². The topological polar surface area (TPSA) is 53.1 Å². The van der Waals surface area contributed by atoms with Gasteiger partial charge in [-0.15, -0.1) is 0 Å². The predicted octanol–water partition coefficient (Wildman–Crippen LogP) is 0.963. The number of nitrogens with two attached hydrogens (primary N) is 1. The molecule has 0 amide bonds. The van der Waals surface area contributed by atoms with Gasteiger partial charge in [0.25, 0.3) is 0 Å². The lowest BCUT2D eigenvalue weighted by molar-refractivity contribution is 0.956. The SMILES string of the molecule is CN1CCc2cc(C(=N)N)ccc21. The van der Waals surface area contributed by atoms with Crippen molar-refractivity contribution in [3.05, 3.63) is 29.3 Å². The molecule has 13 heavy (non-hydrogen) atoms. The van der Waals surface area contributed by atoms with Gasteiger partial charge in [-0.25, -0.2) is 0 Å². The van der Waals surface area contributed by atoms with Crippen molar-refractivity contribution in [3.8, 4) is 0 Å². The first kappa shape index (κ1) is 8.10. The van der Waals surface area contributed by atoms with Crippen molar-refractivity contribution in [2.45, 2.75) is 6.42 Å². The minimum atomic E-state index is 0.150. The van der Waals surface area contributed by atoms with Crippen LogP contribution in [0, 0.1) is 5.41 Å². The predicted molar refractivity (Wildman–Crippen MR) is 54.4 cm³/mol. The number of anilines is 1. The van der Waals surface area contributed by atoms with E-state index >= 15 is 0 Å². The number of benzene rings is 1. The summed E-state index contributed by atoms with van der Waals surface area (Å²) in [6.07, 6.45) is 1.06. The first-order chi connectivity index (χ1) is 6.18. The van der Waals surface area contributed by atoms with E-state index in [4.69, 9.17) is 11.1 Å². The van der Waals surface area contributed by atoms with Crippen molar-refractivity contribution in [1.82, 2.24) is 0 Å². The number of fused-ring (bicyclic) bond motifs is 1. The van der Waals surface area contributed by atoms with E-state index in [0.717, 1.165) is 18.5 Å². The van der Waals surface area contributed by atoms with Crippen molar-refractivity contribution in [2.24, 2.45) is 5.73 Å². The van der Waals surface area contributed by atoms with Gasteiger partial charge in [0.15, 0.2) is 0 Å². The minimum Gasteiger partial charge on any atom is -0.384 e. The van der Waals surface area contributed by atoms with Crippen molar-refractivity contribution >= 4 is 11.5 Å². The maximum Gasteiger partial charge on any atom is 0.122 e. The summed E-state index contributed by atoms with van der Waals surface area (Å²) in [4.78, 5) is 2.22. The lowest BCUT2D eigenvalue weighted by atomic mass is 10.1. The molecule has 3 heteroatoms. The number of amidine groups is 1. The Hall–Kier alpha value is -1.51. The molecule has 0 unspecified atom stereocenters. The first-order valence-electron chi connectivity index (χ1n) is 4.37. The Morgan fingerprint density at radius 2 is 2.31 bits per heavy atom. The van der Waals surface area contributed by atoms with Crippen LogP contribution in [0.1, 0.15) is 11.1 Å². The highest BCUT2D eigenvalue weighted by atomic mass is 15.1. The van der Waals surface area contributed by atoms with Crippen molar-refractivity contribution in [1.29, 1.82) is 5.41 Å². The van der Waals surface area contributed by atoms with Crippen molar-refractivity contribution in [2.75, 3.05) is 18.5 Å². The second-order valence-electron chi connectivity index (χ2n) is 3.43. The van der Waals surface area contributed by atoms with Gasteiger partial charge in [-0.05, 0) is 30.2 Å². The lowest BCUT2D eigenvalue weighted by Crippen LogP contribution is -2.13. The molecule has 68 valence electrons. The van der Waals surface area contributed by atoms with Gasteiger partial charge in [0.05, 0.1) is 0 Å². The lowest BCUT2D eigenvalue weighted by Gasteiger charge is -2.11. The van der Waals surface area contributed by atoms with Crippen LogP contribution in [0.25, 0.3) is 0 Å². The van der Waals surface area contributed by atoms with Crippen LogP contribution in [0.4, 0.5) is 5.69 Å². The largest absolute Gasteiger partial charge is 0.384 e. The fourth-order valence-corrected chi connectivity index (χ4v) is 1.73. The number of rotatable bonds is 1. The molecule has 0 aromatic heterocycles. The highest BCUT2D eigenvalue weighted by Gasteiger charge is 2.15. The second kappa shape index (κ2) is 2.76. The molecule has 0 aliphatic carbocycles. The third kappa shape index (κ3) is 1.26. The summed E-state index contributed by atoms with van der Waals surface area (Å²) in [5, 5.41) is 7.31. The maximum absolute atomic E-state index is 7.31. The molecule has 0 radical (unpaired) electrons. The molecule has 2 rings (SSSR count). The highest BCUT2D eigenvalue weighted by Crippen LogP contribution is 2.26. The average molecular weight is 175 g/mol. The van der Waals surface area contributed by atoms with Gasteiger partial charge in [0, 0.05) is 24.8 Å². The number of nitrogens with one attached hydrogen (secondary N) is 1. The first-order valence-corrected chi connectivity index (χ1v) is 4.37. The standard InChI is InChI=1S/C10H13N3/c1-13-5-4-7-6-8(10(11)12)2-3-9(7)13/h2-3,6H,4-5H2,1H3,(H3,11,12). The van der Waals surface area contributed by atoms with Gasteiger partial charge in [0.1, 0.15) is 5.84 Å². The molecule has 0 spiro atoms. The molecule has 0 saturated heterocycles. The van der Waals surface area contributed by atoms with Crippen LogP contribution in [-0.4, -0.2) is 19.4 Å². The number of hydrogen-bond acceptors (Lipinski definition) is 2. The molecular weight excluding hydrogens is 162 g/mol. The zero-order chi connectivity index (χ0) is 9.42. The van der Waals surface area contributed by atoms with E-state index in [1.165, 1.54) is 11.3 Å². The van der Waals surface area contributed by atoms with Crippen LogP contribution >= 0.6 is 0 Å². The molecule has 1 heterocycles. The molecule has 1 aromatic carbocycles. The molecule has 0 saturated carbocycles. The molecule has 1 aliphatic rings. The van der Waals surface area contributed by atoms with E-state index in [1.54, 1.807) is 0 Å². The minimum absolute atomic E-state index is 0.150. The molecule has 1 aromatic rings. The monoisotopic (exact) mass is 175 g/mol. The third-order valence-electron chi connectivity index (χ3n) is 2.52. The van der Waals surface area contributed by atoms with Gasteiger partial charge < -0.3 is 10.6 Å². The van der Waals surface area contributed by atoms with E-state index in [1.807, 2.05) is 18.2 Å². The quantitative estimate of drug-likeness (QED) is 0.493. The fourth-order valence-electron chi connectivity index (χ4n) is 1.73. The Labute approximate surface area is 77.7 Å².